The van der Waals surface area contributed by atoms with Gasteiger partial charge in [-0.05, 0) is 73.8 Å². The van der Waals surface area contributed by atoms with Crippen LogP contribution in [0.4, 0.5) is 5.69 Å². The number of carbonyl (C=O) groups excluding carboxylic acids is 1. The van der Waals surface area contributed by atoms with Crippen molar-refractivity contribution < 1.29 is 9.53 Å². The number of amides is 1. The molecule has 0 aromatic heterocycles. The lowest BCUT2D eigenvalue weighted by Gasteiger charge is -2.15. The van der Waals surface area contributed by atoms with E-state index < -0.39 is 0 Å². The lowest BCUT2D eigenvalue weighted by atomic mass is 10.0. The molecule has 1 N–H and O–H groups in total. The Labute approximate surface area is 163 Å². The first-order chi connectivity index (χ1) is 13.2. The van der Waals surface area contributed by atoms with Crippen molar-refractivity contribution in [2.45, 2.75) is 71.3 Å². The molecule has 0 unspecified atom stereocenters. The SMILES string of the molecule is CCc1cccc(CC)c1NC(=O)CCc1cccc(OC2CCCC2)c1. The van der Waals surface area contributed by atoms with Crippen LogP contribution >= 0.6 is 0 Å². The number of ether oxygens (including phenoxy) is 1. The van der Waals surface area contributed by atoms with E-state index in [0.29, 0.717) is 12.5 Å². The molecule has 2 aromatic rings. The van der Waals surface area contributed by atoms with Crippen LogP contribution in [0.1, 0.15) is 62.6 Å². The Kier molecular flexibility index (Phi) is 6.92. The van der Waals surface area contributed by atoms with Crippen LogP contribution in [0.25, 0.3) is 0 Å². The minimum Gasteiger partial charge on any atom is -0.490 e. The topological polar surface area (TPSA) is 38.3 Å². The molecule has 144 valence electrons. The van der Waals surface area contributed by atoms with Crippen molar-refractivity contribution in [1.29, 1.82) is 0 Å². The van der Waals surface area contributed by atoms with E-state index in [0.717, 1.165) is 49.1 Å². The Balaban J connectivity index is 1.58. The van der Waals surface area contributed by atoms with Crippen LogP contribution in [0.2, 0.25) is 0 Å². The predicted molar refractivity (Wildman–Crippen MR) is 111 cm³/mol. The molecule has 2 aromatic carbocycles. The third kappa shape index (κ3) is 5.35. The molecule has 27 heavy (non-hydrogen) atoms. The first-order valence-electron chi connectivity index (χ1n) is 10.4. The molecule has 3 nitrogen and oxygen atoms in total. The van der Waals surface area contributed by atoms with E-state index in [1.807, 2.05) is 12.1 Å². The summed E-state index contributed by atoms with van der Waals surface area (Å²) in [6.07, 6.45) is 8.26. The van der Waals surface area contributed by atoms with Crippen molar-refractivity contribution in [2.24, 2.45) is 0 Å². The molecule has 0 radical (unpaired) electrons. The molecular formula is C24H31NO2. The number of carbonyl (C=O) groups is 1. The Morgan fingerprint density at radius 1 is 1.04 bits per heavy atom. The van der Waals surface area contributed by atoms with Crippen molar-refractivity contribution in [3.63, 3.8) is 0 Å². The van der Waals surface area contributed by atoms with Gasteiger partial charge < -0.3 is 10.1 Å². The van der Waals surface area contributed by atoms with E-state index in [-0.39, 0.29) is 5.91 Å². The van der Waals surface area contributed by atoms with Crippen LogP contribution in [0, 0.1) is 0 Å². The standard InChI is InChI=1S/C24H31NO2/c1-3-19-10-8-11-20(4-2)24(19)25-23(26)16-15-18-9-7-14-22(17-18)27-21-12-5-6-13-21/h7-11,14,17,21H,3-6,12-13,15-16H2,1-2H3,(H,25,26). The molecule has 1 aliphatic rings. The van der Waals surface area contributed by atoms with Gasteiger partial charge in [0.1, 0.15) is 5.75 Å². The van der Waals surface area contributed by atoms with Crippen LogP contribution in [0.5, 0.6) is 5.75 Å². The molecule has 1 fully saturated rings. The molecule has 0 heterocycles. The van der Waals surface area contributed by atoms with Gasteiger partial charge in [0, 0.05) is 12.1 Å². The van der Waals surface area contributed by atoms with Crippen LogP contribution in [0.3, 0.4) is 0 Å². The van der Waals surface area contributed by atoms with E-state index in [1.54, 1.807) is 0 Å². The third-order valence-electron chi connectivity index (χ3n) is 5.41. The van der Waals surface area contributed by atoms with Crippen LogP contribution in [-0.4, -0.2) is 12.0 Å². The van der Waals surface area contributed by atoms with Gasteiger partial charge in [0.2, 0.25) is 5.91 Å². The monoisotopic (exact) mass is 365 g/mol. The van der Waals surface area contributed by atoms with E-state index >= 15 is 0 Å². The molecule has 0 bridgehead atoms. The number of benzene rings is 2. The fraction of sp³-hybridized carbons (Fsp3) is 0.458. The maximum atomic E-state index is 12.5. The molecule has 0 spiro atoms. The highest BCUT2D eigenvalue weighted by atomic mass is 16.5. The fourth-order valence-corrected chi connectivity index (χ4v) is 3.84. The highest BCUT2D eigenvalue weighted by Gasteiger charge is 2.16. The summed E-state index contributed by atoms with van der Waals surface area (Å²) in [6.45, 7) is 4.25. The van der Waals surface area contributed by atoms with Crippen molar-refractivity contribution in [3.8, 4) is 5.75 Å². The molecule has 3 heteroatoms. The van der Waals surface area contributed by atoms with E-state index in [1.165, 1.54) is 24.0 Å². The average Bonchev–Trinajstić information content (AvgIpc) is 3.20. The second-order valence-corrected chi connectivity index (χ2v) is 7.38. The summed E-state index contributed by atoms with van der Waals surface area (Å²) in [4.78, 5) is 12.5. The summed E-state index contributed by atoms with van der Waals surface area (Å²) in [5.41, 5.74) is 4.57. The zero-order valence-corrected chi connectivity index (χ0v) is 16.6. The highest BCUT2D eigenvalue weighted by molar-refractivity contribution is 5.92. The zero-order chi connectivity index (χ0) is 19.1. The van der Waals surface area contributed by atoms with Crippen molar-refractivity contribution >= 4 is 11.6 Å². The van der Waals surface area contributed by atoms with Crippen LogP contribution in [0.15, 0.2) is 42.5 Å². The summed E-state index contributed by atoms with van der Waals surface area (Å²) < 4.78 is 6.08. The highest BCUT2D eigenvalue weighted by Crippen LogP contribution is 2.25. The Morgan fingerprint density at radius 3 is 2.37 bits per heavy atom. The van der Waals surface area contributed by atoms with Gasteiger partial charge in [-0.25, -0.2) is 0 Å². The summed E-state index contributed by atoms with van der Waals surface area (Å²) in [7, 11) is 0. The zero-order valence-electron chi connectivity index (χ0n) is 16.6. The first kappa shape index (κ1) is 19.5. The van der Waals surface area contributed by atoms with E-state index in [2.05, 4.69) is 49.5 Å². The molecule has 3 rings (SSSR count). The quantitative estimate of drug-likeness (QED) is 0.651. The molecule has 1 saturated carbocycles. The molecule has 0 atom stereocenters. The third-order valence-corrected chi connectivity index (χ3v) is 5.41. The molecule has 1 amide bonds. The predicted octanol–water partition coefficient (Wildman–Crippen LogP) is 5.70. The van der Waals surface area contributed by atoms with Gasteiger partial charge in [-0.15, -0.1) is 0 Å². The lowest BCUT2D eigenvalue weighted by Crippen LogP contribution is -2.15. The number of rotatable bonds is 8. The second kappa shape index (κ2) is 9.59. The number of nitrogens with one attached hydrogen (secondary N) is 1. The summed E-state index contributed by atoms with van der Waals surface area (Å²) in [5.74, 6) is 1.01. The fourth-order valence-electron chi connectivity index (χ4n) is 3.84. The van der Waals surface area contributed by atoms with Crippen molar-refractivity contribution in [1.82, 2.24) is 0 Å². The van der Waals surface area contributed by atoms with Gasteiger partial charge in [-0.2, -0.15) is 0 Å². The van der Waals surface area contributed by atoms with Gasteiger partial charge in [0.15, 0.2) is 0 Å². The Bertz CT molecular complexity index is 740. The molecule has 0 aliphatic heterocycles. The number of anilines is 1. The summed E-state index contributed by atoms with van der Waals surface area (Å²) in [6, 6.07) is 14.5. The van der Waals surface area contributed by atoms with Gasteiger partial charge >= 0.3 is 0 Å². The maximum absolute atomic E-state index is 12.5. The number of para-hydroxylation sites is 1. The van der Waals surface area contributed by atoms with Crippen LogP contribution < -0.4 is 10.1 Å². The number of aryl methyl sites for hydroxylation is 3. The second-order valence-electron chi connectivity index (χ2n) is 7.38. The van der Waals surface area contributed by atoms with E-state index in [4.69, 9.17) is 4.74 Å². The first-order valence-corrected chi connectivity index (χ1v) is 10.4. The summed E-state index contributed by atoms with van der Waals surface area (Å²) >= 11 is 0. The summed E-state index contributed by atoms with van der Waals surface area (Å²) in [5, 5.41) is 3.15. The Hall–Kier alpha value is -2.29. The van der Waals surface area contributed by atoms with Crippen LogP contribution in [-0.2, 0) is 24.1 Å². The maximum Gasteiger partial charge on any atom is 0.224 e. The van der Waals surface area contributed by atoms with Gasteiger partial charge in [0.25, 0.3) is 0 Å². The van der Waals surface area contributed by atoms with Gasteiger partial charge in [-0.1, -0.05) is 44.2 Å². The largest absolute Gasteiger partial charge is 0.490 e. The van der Waals surface area contributed by atoms with Gasteiger partial charge in [0.05, 0.1) is 6.10 Å². The van der Waals surface area contributed by atoms with Crippen molar-refractivity contribution in [2.75, 3.05) is 5.32 Å². The smallest absolute Gasteiger partial charge is 0.224 e. The number of hydrogen-bond donors (Lipinski definition) is 1. The van der Waals surface area contributed by atoms with E-state index in [9.17, 15) is 4.79 Å². The normalized spacial score (nSPS) is 14.3. The average molecular weight is 366 g/mol. The molecular weight excluding hydrogens is 334 g/mol. The number of hydrogen-bond acceptors (Lipinski definition) is 2. The molecule has 0 saturated heterocycles. The van der Waals surface area contributed by atoms with Crippen molar-refractivity contribution in [3.05, 3.63) is 59.2 Å². The minimum atomic E-state index is 0.0766. The lowest BCUT2D eigenvalue weighted by molar-refractivity contribution is -0.116. The Morgan fingerprint density at radius 2 is 1.70 bits per heavy atom. The minimum absolute atomic E-state index is 0.0766. The molecule has 1 aliphatic carbocycles. The van der Waals surface area contributed by atoms with Gasteiger partial charge in [-0.3, -0.25) is 4.79 Å².